The van der Waals surface area contributed by atoms with Crippen LogP contribution in [0.25, 0.3) is 0 Å². The van der Waals surface area contributed by atoms with E-state index >= 15 is 0 Å². The summed E-state index contributed by atoms with van der Waals surface area (Å²) in [7, 11) is 0. The number of carboxylic acids is 2. The Hall–Kier alpha value is -2.08. The maximum Gasteiger partial charge on any atom is 0.320 e. The third kappa shape index (κ3) is 4.42. The fourth-order valence-electron chi connectivity index (χ4n) is 1.47. The number of carboxylic acid groups (broad SMARTS) is 2. The molecule has 1 unspecified atom stereocenters. The van der Waals surface area contributed by atoms with Gasteiger partial charge in [0.2, 0.25) is 0 Å². The zero-order valence-electron chi connectivity index (χ0n) is 9.67. The van der Waals surface area contributed by atoms with Gasteiger partial charge in [0.25, 0.3) is 0 Å². The average molecular weight is 253 g/mol. The van der Waals surface area contributed by atoms with Crippen LogP contribution in [0.2, 0.25) is 0 Å². The highest BCUT2D eigenvalue weighted by Gasteiger charge is 2.18. The van der Waals surface area contributed by atoms with E-state index in [-0.39, 0.29) is 25.1 Å². The standard InChI is InChI=1S/C12H15NO5/c14-10-4-2-1-3-8(10)7-13-9(12(17)18)5-6-11(15)16/h1-4,9,13-14H,5-7H2,(H,15,16)(H,17,18). The van der Waals surface area contributed by atoms with Crippen LogP contribution in [-0.2, 0) is 16.1 Å². The number of nitrogens with one attached hydrogen (secondary N) is 1. The topological polar surface area (TPSA) is 107 Å². The van der Waals surface area contributed by atoms with Gasteiger partial charge < -0.3 is 20.6 Å². The summed E-state index contributed by atoms with van der Waals surface area (Å²) in [6.07, 6.45) is -0.219. The van der Waals surface area contributed by atoms with Crippen LogP contribution in [0.1, 0.15) is 18.4 Å². The van der Waals surface area contributed by atoms with Crippen molar-refractivity contribution in [2.24, 2.45) is 0 Å². The Balaban J connectivity index is 2.55. The van der Waals surface area contributed by atoms with Gasteiger partial charge >= 0.3 is 11.9 Å². The Kier molecular flexibility index (Phi) is 5.13. The summed E-state index contributed by atoms with van der Waals surface area (Å²) in [6.45, 7) is 0.170. The number of hydrogen-bond acceptors (Lipinski definition) is 4. The lowest BCUT2D eigenvalue weighted by Crippen LogP contribution is -2.36. The first-order valence-corrected chi connectivity index (χ1v) is 5.45. The van der Waals surface area contributed by atoms with E-state index in [1.165, 1.54) is 6.07 Å². The quantitative estimate of drug-likeness (QED) is 0.572. The van der Waals surface area contributed by atoms with Gasteiger partial charge in [0.05, 0.1) is 0 Å². The largest absolute Gasteiger partial charge is 0.508 e. The minimum absolute atomic E-state index is 0.00172. The summed E-state index contributed by atoms with van der Waals surface area (Å²) in [6, 6.07) is 5.62. The Morgan fingerprint density at radius 3 is 2.44 bits per heavy atom. The average Bonchev–Trinajstić information content (AvgIpc) is 2.30. The van der Waals surface area contributed by atoms with E-state index in [1.54, 1.807) is 18.2 Å². The van der Waals surface area contributed by atoms with E-state index in [4.69, 9.17) is 10.2 Å². The molecule has 6 heteroatoms. The van der Waals surface area contributed by atoms with Gasteiger partial charge in [0.15, 0.2) is 0 Å². The predicted octanol–water partition coefficient (Wildman–Crippen LogP) is 0.800. The van der Waals surface area contributed by atoms with E-state index in [0.29, 0.717) is 5.56 Å². The Bertz CT molecular complexity index is 432. The van der Waals surface area contributed by atoms with Crippen molar-refractivity contribution in [3.05, 3.63) is 29.8 Å². The lowest BCUT2D eigenvalue weighted by atomic mass is 10.1. The van der Waals surface area contributed by atoms with Crippen LogP contribution in [0.4, 0.5) is 0 Å². The van der Waals surface area contributed by atoms with Gasteiger partial charge in [-0.25, -0.2) is 0 Å². The van der Waals surface area contributed by atoms with Gasteiger partial charge in [-0.1, -0.05) is 18.2 Å². The van der Waals surface area contributed by atoms with Gasteiger partial charge in [0, 0.05) is 18.5 Å². The molecule has 0 radical (unpaired) electrons. The Morgan fingerprint density at radius 1 is 1.22 bits per heavy atom. The molecular weight excluding hydrogens is 238 g/mol. The van der Waals surface area contributed by atoms with E-state index in [1.807, 2.05) is 0 Å². The highest BCUT2D eigenvalue weighted by atomic mass is 16.4. The fraction of sp³-hybridized carbons (Fsp3) is 0.333. The first-order valence-electron chi connectivity index (χ1n) is 5.45. The molecule has 0 heterocycles. The smallest absolute Gasteiger partial charge is 0.320 e. The summed E-state index contributed by atoms with van der Waals surface area (Å²) < 4.78 is 0. The van der Waals surface area contributed by atoms with Crippen molar-refractivity contribution in [2.75, 3.05) is 0 Å². The zero-order chi connectivity index (χ0) is 13.5. The number of aliphatic carboxylic acids is 2. The summed E-state index contributed by atoms with van der Waals surface area (Å²) in [5, 5.41) is 29.6. The minimum atomic E-state index is -1.10. The molecule has 0 saturated carbocycles. The molecule has 0 fully saturated rings. The lowest BCUT2D eigenvalue weighted by molar-refractivity contribution is -0.140. The van der Waals surface area contributed by atoms with Crippen molar-refractivity contribution >= 4 is 11.9 Å². The lowest BCUT2D eigenvalue weighted by Gasteiger charge is -2.13. The third-order valence-corrected chi connectivity index (χ3v) is 2.48. The van der Waals surface area contributed by atoms with Crippen LogP contribution in [0, 0.1) is 0 Å². The van der Waals surface area contributed by atoms with Crippen molar-refractivity contribution in [3.8, 4) is 5.75 Å². The van der Waals surface area contributed by atoms with E-state index in [0.717, 1.165) is 0 Å². The van der Waals surface area contributed by atoms with Crippen molar-refractivity contribution in [2.45, 2.75) is 25.4 Å². The van der Waals surface area contributed by atoms with Crippen molar-refractivity contribution in [1.82, 2.24) is 5.32 Å². The highest BCUT2D eigenvalue weighted by Crippen LogP contribution is 2.15. The van der Waals surface area contributed by atoms with E-state index in [9.17, 15) is 14.7 Å². The molecule has 0 aliphatic carbocycles. The Labute approximate surface area is 104 Å². The molecule has 1 rings (SSSR count). The van der Waals surface area contributed by atoms with Crippen molar-refractivity contribution < 1.29 is 24.9 Å². The third-order valence-electron chi connectivity index (χ3n) is 2.48. The molecule has 0 spiro atoms. The number of carbonyl (C=O) groups is 2. The van der Waals surface area contributed by atoms with Gasteiger partial charge in [-0.15, -0.1) is 0 Å². The van der Waals surface area contributed by atoms with E-state index in [2.05, 4.69) is 5.32 Å². The van der Waals surface area contributed by atoms with Crippen LogP contribution in [0.5, 0.6) is 5.75 Å². The van der Waals surface area contributed by atoms with Crippen LogP contribution in [-0.4, -0.2) is 33.3 Å². The Morgan fingerprint density at radius 2 is 1.89 bits per heavy atom. The monoisotopic (exact) mass is 253 g/mol. The maximum atomic E-state index is 10.9. The molecule has 1 atom stereocenters. The van der Waals surface area contributed by atoms with Crippen LogP contribution >= 0.6 is 0 Å². The SMILES string of the molecule is O=C(O)CCC(NCc1ccccc1O)C(=O)O. The molecule has 1 aromatic rings. The summed E-state index contributed by atoms with van der Waals surface area (Å²) in [5.74, 6) is -2.07. The first-order chi connectivity index (χ1) is 8.50. The number of phenols is 1. The van der Waals surface area contributed by atoms with Gasteiger partial charge in [-0.05, 0) is 12.5 Å². The van der Waals surface area contributed by atoms with Gasteiger partial charge in [-0.2, -0.15) is 0 Å². The minimum Gasteiger partial charge on any atom is -0.508 e. The predicted molar refractivity (Wildman–Crippen MR) is 63.2 cm³/mol. The highest BCUT2D eigenvalue weighted by molar-refractivity contribution is 5.75. The molecule has 18 heavy (non-hydrogen) atoms. The van der Waals surface area contributed by atoms with Crippen molar-refractivity contribution in [3.63, 3.8) is 0 Å². The number of rotatable bonds is 7. The molecule has 1 aromatic carbocycles. The molecule has 0 aliphatic heterocycles. The van der Waals surface area contributed by atoms with Gasteiger partial charge in [-0.3, -0.25) is 9.59 Å². The van der Waals surface area contributed by atoms with Crippen molar-refractivity contribution in [1.29, 1.82) is 0 Å². The van der Waals surface area contributed by atoms with Crippen LogP contribution < -0.4 is 5.32 Å². The number of hydrogen-bond donors (Lipinski definition) is 4. The molecule has 0 amide bonds. The second-order valence-electron chi connectivity index (χ2n) is 3.83. The van der Waals surface area contributed by atoms with Crippen LogP contribution in [0.3, 0.4) is 0 Å². The summed E-state index contributed by atoms with van der Waals surface area (Å²) >= 11 is 0. The van der Waals surface area contributed by atoms with Gasteiger partial charge in [0.1, 0.15) is 11.8 Å². The normalized spacial score (nSPS) is 12.0. The molecule has 0 saturated heterocycles. The molecule has 6 nitrogen and oxygen atoms in total. The molecule has 4 N–H and O–H groups in total. The maximum absolute atomic E-state index is 10.9. The number of aromatic hydroxyl groups is 1. The zero-order valence-corrected chi connectivity index (χ0v) is 9.67. The number of para-hydroxylation sites is 1. The summed E-state index contributed by atoms with van der Waals surface area (Å²) in [5.41, 5.74) is 0.569. The first kappa shape index (κ1) is 14.0. The molecule has 98 valence electrons. The molecule has 0 aliphatic rings. The molecular formula is C12H15NO5. The molecule has 0 bridgehead atoms. The number of phenolic OH excluding ortho intramolecular Hbond substituents is 1. The second kappa shape index (κ2) is 6.61. The second-order valence-corrected chi connectivity index (χ2v) is 3.83. The fourth-order valence-corrected chi connectivity index (χ4v) is 1.47. The molecule has 0 aromatic heterocycles. The van der Waals surface area contributed by atoms with Crippen LogP contribution in [0.15, 0.2) is 24.3 Å². The summed E-state index contributed by atoms with van der Waals surface area (Å²) in [4.78, 5) is 21.3. The number of benzene rings is 1. The van der Waals surface area contributed by atoms with E-state index < -0.39 is 18.0 Å².